The molecule has 132 valence electrons. The maximum atomic E-state index is 12.6. The van der Waals surface area contributed by atoms with Crippen molar-refractivity contribution in [3.8, 4) is 11.4 Å². The Labute approximate surface area is 152 Å². The molecule has 3 aromatic rings. The Hall–Kier alpha value is -3.07. The average molecular weight is 370 g/mol. The molecule has 1 amide bonds. The lowest BCUT2D eigenvalue weighted by Gasteiger charge is -2.16. The molecule has 3 heterocycles. The minimum Gasteiger partial charge on any atom is -0.339 e. The van der Waals surface area contributed by atoms with Crippen molar-refractivity contribution < 1.29 is 14.2 Å². The fourth-order valence-electron chi connectivity index (χ4n) is 2.95. The number of benzene rings is 1. The van der Waals surface area contributed by atoms with Crippen LogP contribution in [0.1, 0.15) is 17.9 Å². The second kappa shape index (κ2) is 6.68. The summed E-state index contributed by atoms with van der Waals surface area (Å²) in [5.41, 5.74) is 2.44. The van der Waals surface area contributed by atoms with E-state index in [1.165, 1.54) is 12.1 Å². The van der Waals surface area contributed by atoms with Gasteiger partial charge in [-0.2, -0.15) is 16.3 Å². The zero-order valence-electron chi connectivity index (χ0n) is 13.6. The molecule has 1 aliphatic heterocycles. The van der Waals surface area contributed by atoms with E-state index in [-0.39, 0.29) is 18.0 Å². The molecule has 26 heavy (non-hydrogen) atoms. The molecule has 0 aliphatic carbocycles. The maximum absolute atomic E-state index is 12.6. The fraction of sp³-hybridized carbons (Fsp3) is 0.235. The lowest BCUT2D eigenvalue weighted by atomic mass is 10.1. The zero-order valence-corrected chi connectivity index (χ0v) is 14.4. The van der Waals surface area contributed by atoms with Crippen LogP contribution in [-0.2, 0) is 17.6 Å². The molecule has 0 fully saturated rings. The number of nitro benzene ring substituents is 1. The zero-order chi connectivity index (χ0) is 18.1. The van der Waals surface area contributed by atoms with Crippen LogP contribution in [-0.4, -0.2) is 27.5 Å². The number of fused-ring (bicyclic) bond motifs is 1. The number of nitro groups is 1. The predicted octanol–water partition coefficient (Wildman–Crippen LogP) is 3.23. The van der Waals surface area contributed by atoms with Gasteiger partial charge in [0.15, 0.2) is 0 Å². The third-order valence-corrected chi connectivity index (χ3v) is 4.96. The van der Waals surface area contributed by atoms with Gasteiger partial charge in [-0.15, -0.1) is 0 Å². The van der Waals surface area contributed by atoms with Crippen molar-refractivity contribution >= 4 is 28.6 Å². The first-order chi connectivity index (χ1) is 12.6. The van der Waals surface area contributed by atoms with E-state index in [9.17, 15) is 14.9 Å². The molecular weight excluding hydrogens is 356 g/mol. The van der Waals surface area contributed by atoms with Gasteiger partial charge in [0.25, 0.3) is 5.69 Å². The van der Waals surface area contributed by atoms with Gasteiger partial charge in [0.2, 0.25) is 17.6 Å². The molecule has 0 atom stereocenters. The number of thiophene rings is 1. The number of non-ortho nitro benzene ring substituents is 1. The summed E-state index contributed by atoms with van der Waals surface area (Å²) in [6, 6.07) is 6.54. The van der Waals surface area contributed by atoms with Gasteiger partial charge in [0.1, 0.15) is 0 Å². The number of nitrogens with zero attached hydrogens (tertiary/aromatic N) is 4. The summed E-state index contributed by atoms with van der Waals surface area (Å²) in [6.07, 6.45) is 1.23. The number of rotatable bonds is 5. The number of aryl methyl sites for hydroxylation is 1. The normalized spacial score (nSPS) is 13.0. The summed E-state index contributed by atoms with van der Waals surface area (Å²) >= 11 is 1.54. The van der Waals surface area contributed by atoms with E-state index in [1.54, 1.807) is 22.3 Å². The smallest absolute Gasteiger partial charge is 0.271 e. The number of aromatic nitrogens is 2. The van der Waals surface area contributed by atoms with E-state index in [1.807, 2.05) is 16.8 Å². The van der Waals surface area contributed by atoms with Crippen LogP contribution in [0, 0.1) is 10.1 Å². The van der Waals surface area contributed by atoms with E-state index in [4.69, 9.17) is 4.52 Å². The highest BCUT2D eigenvalue weighted by atomic mass is 32.1. The van der Waals surface area contributed by atoms with Gasteiger partial charge >= 0.3 is 0 Å². The van der Waals surface area contributed by atoms with E-state index >= 15 is 0 Å². The van der Waals surface area contributed by atoms with Crippen LogP contribution in [0.15, 0.2) is 39.5 Å². The van der Waals surface area contributed by atoms with Gasteiger partial charge in [-0.25, -0.2) is 0 Å². The maximum Gasteiger partial charge on any atom is 0.271 e. The molecule has 8 nitrogen and oxygen atoms in total. The van der Waals surface area contributed by atoms with Gasteiger partial charge in [-0.05, 0) is 23.4 Å². The molecule has 0 radical (unpaired) electrons. The topological polar surface area (TPSA) is 102 Å². The first kappa shape index (κ1) is 16.4. The Balaban J connectivity index is 1.44. The summed E-state index contributed by atoms with van der Waals surface area (Å²) in [7, 11) is 0. The lowest BCUT2D eigenvalue weighted by Crippen LogP contribution is -2.29. The lowest BCUT2D eigenvalue weighted by molar-refractivity contribution is -0.384. The van der Waals surface area contributed by atoms with Crippen LogP contribution in [0.25, 0.3) is 11.4 Å². The summed E-state index contributed by atoms with van der Waals surface area (Å²) in [5, 5.41) is 18.7. The minimum absolute atomic E-state index is 0.0132. The Morgan fingerprint density at radius 1 is 1.38 bits per heavy atom. The highest BCUT2D eigenvalue weighted by molar-refractivity contribution is 7.08. The second-order valence-corrected chi connectivity index (χ2v) is 6.67. The van der Waals surface area contributed by atoms with E-state index in [0.717, 1.165) is 11.1 Å². The number of anilines is 1. The Kier molecular flexibility index (Phi) is 4.21. The molecule has 1 aromatic carbocycles. The quantitative estimate of drug-likeness (QED) is 0.505. The highest BCUT2D eigenvalue weighted by Gasteiger charge is 2.26. The first-order valence-electron chi connectivity index (χ1n) is 8.04. The summed E-state index contributed by atoms with van der Waals surface area (Å²) < 4.78 is 5.21. The summed E-state index contributed by atoms with van der Waals surface area (Å²) in [6.45, 7) is 0.527. The van der Waals surface area contributed by atoms with Crippen LogP contribution in [0.5, 0.6) is 0 Å². The van der Waals surface area contributed by atoms with Gasteiger partial charge in [-0.1, -0.05) is 11.2 Å². The molecule has 0 spiro atoms. The third-order valence-electron chi connectivity index (χ3n) is 4.28. The van der Waals surface area contributed by atoms with Gasteiger partial charge in [-0.3, -0.25) is 14.9 Å². The van der Waals surface area contributed by atoms with Crippen molar-refractivity contribution in [2.24, 2.45) is 0 Å². The number of hydrogen-bond donors (Lipinski definition) is 0. The SMILES string of the molecule is O=C(CCc1nc(-c2ccsc2)no1)N1CCc2ccc([N+](=O)[O-])cc21. The number of carbonyl (C=O) groups is 1. The highest BCUT2D eigenvalue weighted by Crippen LogP contribution is 2.32. The molecule has 9 heteroatoms. The van der Waals surface area contributed by atoms with Crippen molar-refractivity contribution in [1.29, 1.82) is 0 Å². The molecule has 0 N–H and O–H groups in total. The van der Waals surface area contributed by atoms with Gasteiger partial charge < -0.3 is 9.42 Å². The van der Waals surface area contributed by atoms with Crippen LogP contribution >= 0.6 is 11.3 Å². The van der Waals surface area contributed by atoms with Crippen LogP contribution in [0.3, 0.4) is 0 Å². The van der Waals surface area contributed by atoms with Crippen LogP contribution < -0.4 is 4.90 Å². The Bertz CT molecular complexity index is 967. The standard InChI is InChI=1S/C17H14N4O4S/c22-16(4-3-15-18-17(19-25-15)12-6-8-26-10-12)20-7-5-11-1-2-13(21(23)24)9-14(11)20/h1-2,6,8-10H,3-5,7H2. The average Bonchev–Trinajstić information content (AvgIpc) is 3.38. The second-order valence-electron chi connectivity index (χ2n) is 5.89. The molecule has 0 unspecified atom stereocenters. The monoisotopic (exact) mass is 370 g/mol. The van der Waals surface area contributed by atoms with Crippen molar-refractivity contribution in [3.63, 3.8) is 0 Å². The molecule has 0 saturated heterocycles. The first-order valence-corrected chi connectivity index (χ1v) is 8.99. The molecule has 0 saturated carbocycles. The molecule has 0 bridgehead atoms. The van der Waals surface area contributed by atoms with Crippen LogP contribution in [0.2, 0.25) is 0 Å². The molecule has 2 aromatic heterocycles. The van der Waals surface area contributed by atoms with Gasteiger partial charge in [0, 0.05) is 42.5 Å². The Morgan fingerprint density at radius 2 is 2.27 bits per heavy atom. The molecule has 4 rings (SSSR count). The van der Waals surface area contributed by atoms with Crippen molar-refractivity contribution in [3.05, 3.63) is 56.6 Å². The number of carbonyl (C=O) groups excluding carboxylic acids is 1. The third kappa shape index (κ3) is 3.08. The number of hydrogen-bond acceptors (Lipinski definition) is 7. The Morgan fingerprint density at radius 3 is 3.04 bits per heavy atom. The summed E-state index contributed by atoms with van der Waals surface area (Å²) in [4.78, 5) is 29.0. The van der Waals surface area contributed by atoms with Crippen molar-refractivity contribution in [2.45, 2.75) is 19.3 Å². The molecule has 1 aliphatic rings. The largest absolute Gasteiger partial charge is 0.339 e. The fourth-order valence-corrected chi connectivity index (χ4v) is 3.59. The van der Waals surface area contributed by atoms with Gasteiger partial charge in [0.05, 0.1) is 10.6 Å². The molecular formula is C17H14N4O4S. The summed E-state index contributed by atoms with van der Waals surface area (Å²) in [5.74, 6) is 0.799. The van der Waals surface area contributed by atoms with Crippen molar-refractivity contribution in [1.82, 2.24) is 10.1 Å². The van der Waals surface area contributed by atoms with Crippen molar-refractivity contribution in [2.75, 3.05) is 11.4 Å². The number of amides is 1. The predicted molar refractivity (Wildman–Crippen MR) is 95.1 cm³/mol. The minimum atomic E-state index is -0.453. The van der Waals surface area contributed by atoms with E-state index < -0.39 is 4.92 Å². The van der Waals surface area contributed by atoms with Crippen LogP contribution in [0.4, 0.5) is 11.4 Å². The van der Waals surface area contributed by atoms with E-state index in [0.29, 0.717) is 36.8 Å². The van der Waals surface area contributed by atoms with E-state index in [2.05, 4.69) is 10.1 Å².